The number of aromatic nitrogens is 1. The molecule has 0 aliphatic heterocycles. The fourth-order valence-corrected chi connectivity index (χ4v) is 4.67. The smallest absolute Gasteiger partial charge is 0.257 e. The van der Waals surface area contributed by atoms with Gasteiger partial charge in [-0.3, -0.25) is 14.9 Å². The van der Waals surface area contributed by atoms with Crippen LogP contribution in [0.2, 0.25) is 0 Å². The van der Waals surface area contributed by atoms with E-state index in [2.05, 4.69) is 15.6 Å². The second-order valence-corrected chi connectivity index (χ2v) is 10.2. The highest BCUT2D eigenvalue weighted by molar-refractivity contribution is 7.13. The predicted octanol–water partition coefficient (Wildman–Crippen LogP) is 5.86. The van der Waals surface area contributed by atoms with Gasteiger partial charge in [0, 0.05) is 41.6 Å². The lowest BCUT2D eigenvalue weighted by Crippen LogP contribution is -2.19. The Labute approximate surface area is 243 Å². The third kappa shape index (κ3) is 8.54. The first-order valence-corrected chi connectivity index (χ1v) is 13.9. The molecule has 0 aliphatic rings. The summed E-state index contributed by atoms with van der Waals surface area (Å²) in [5.74, 6) is 1.16. The zero-order valence-electron chi connectivity index (χ0n) is 23.4. The van der Waals surface area contributed by atoms with Crippen LogP contribution in [0.1, 0.15) is 38.8 Å². The maximum Gasteiger partial charge on any atom is 0.257 e. The van der Waals surface area contributed by atoms with Crippen molar-refractivity contribution < 1.29 is 28.5 Å². The van der Waals surface area contributed by atoms with Crippen LogP contribution in [0.25, 0.3) is 0 Å². The van der Waals surface area contributed by atoms with Crippen LogP contribution in [0.4, 0.5) is 10.8 Å². The largest absolute Gasteiger partial charge is 0.497 e. The van der Waals surface area contributed by atoms with Crippen LogP contribution in [-0.2, 0) is 17.6 Å². The quantitative estimate of drug-likeness (QED) is 0.205. The molecular formula is C31H33N3O6S. The van der Waals surface area contributed by atoms with Gasteiger partial charge < -0.3 is 24.3 Å². The Kier molecular flexibility index (Phi) is 10.3. The number of rotatable bonds is 13. The number of aryl methyl sites for hydroxylation is 2. The molecule has 1 atom stereocenters. The Morgan fingerprint density at radius 1 is 0.805 bits per heavy atom. The minimum absolute atomic E-state index is 0.175. The maximum absolute atomic E-state index is 12.9. The Hall–Kier alpha value is -4.41. The summed E-state index contributed by atoms with van der Waals surface area (Å²) in [6, 6.07) is 18.2. The van der Waals surface area contributed by atoms with Crippen LogP contribution >= 0.6 is 11.3 Å². The molecule has 4 aromatic rings. The summed E-state index contributed by atoms with van der Waals surface area (Å²) in [5, 5.41) is 8.08. The lowest BCUT2D eigenvalue weighted by atomic mass is 10.0. The van der Waals surface area contributed by atoms with Crippen molar-refractivity contribution in [2.45, 2.75) is 25.9 Å². The molecule has 1 aromatic heterocycles. The second-order valence-electron chi connectivity index (χ2n) is 9.29. The van der Waals surface area contributed by atoms with E-state index in [-0.39, 0.29) is 17.9 Å². The van der Waals surface area contributed by atoms with E-state index in [0.29, 0.717) is 52.2 Å². The van der Waals surface area contributed by atoms with Crippen molar-refractivity contribution in [2.75, 3.05) is 38.6 Å². The molecule has 0 aliphatic carbocycles. The first-order valence-electron chi connectivity index (χ1n) is 13.0. The number of amides is 2. The van der Waals surface area contributed by atoms with Gasteiger partial charge in [-0.2, -0.15) is 0 Å². The van der Waals surface area contributed by atoms with E-state index in [9.17, 15) is 9.59 Å². The summed E-state index contributed by atoms with van der Waals surface area (Å²) in [6.07, 6.45) is 2.88. The fourth-order valence-electron chi connectivity index (χ4n) is 4.14. The van der Waals surface area contributed by atoms with Gasteiger partial charge >= 0.3 is 0 Å². The zero-order chi connectivity index (χ0) is 29.2. The highest BCUT2D eigenvalue weighted by Gasteiger charge is 2.14. The summed E-state index contributed by atoms with van der Waals surface area (Å²) >= 11 is 1.36. The topological polar surface area (TPSA) is 108 Å². The zero-order valence-corrected chi connectivity index (χ0v) is 24.2. The number of carbonyl (C=O) groups excluding carboxylic acids is 2. The average molecular weight is 576 g/mol. The van der Waals surface area contributed by atoms with Gasteiger partial charge in [-0.1, -0.05) is 12.1 Å². The molecule has 0 bridgehead atoms. The highest BCUT2D eigenvalue weighted by atomic mass is 32.1. The molecular weight excluding hydrogens is 542 g/mol. The van der Waals surface area contributed by atoms with E-state index >= 15 is 0 Å². The van der Waals surface area contributed by atoms with Crippen molar-refractivity contribution >= 4 is 34.0 Å². The maximum atomic E-state index is 12.9. The highest BCUT2D eigenvalue weighted by Crippen LogP contribution is 2.25. The first-order chi connectivity index (χ1) is 19.9. The summed E-state index contributed by atoms with van der Waals surface area (Å²) in [5.41, 5.74) is 3.63. The number of carbonyl (C=O) groups is 2. The molecule has 41 heavy (non-hydrogen) atoms. The number of methoxy groups -OCH3 is 3. The predicted molar refractivity (Wildman–Crippen MR) is 160 cm³/mol. The van der Waals surface area contributed by atoms with Gasteiger partial charge in [-0.15, -0.1) is 11.3 Å². The van der Waals surface area contributed by atoms with Crippen LogP contribution in [0.3, 0.4) is 0 Å². The van der Waals surface area contributed by atoms with E-state index < -0.39 is 0 Å². The molecule has 0 saturated heterocycles. The van der Waals surface area contributed by atoms with E-state index in [0.717, 1.165) is 17.5 Å². The number of nitrogens with zero attached hydrogens (tertiary/aromatic N) is 1. The first kappa shape index (κ1) is 29.6. The number of hydrogen-bond acceptors (Lipinski definition) is 8. The number of nitrogens with one attached hydrogen (secondary N) is 2. The van der Waals surface area contributed by atoms with Gasteiger partial charge in [0.25, 0.3) is 11.8 Å². The minimum Gasteiger partial charge on any atom is -0.497 e. The Morgan fingerprint density at radius 3 is 2.07 bits per heavy atom. The van der Waals surface area contributed by atoms with Gasteiger partial charge in [0.1, 0.15) is 23.4 Å². The van der Waals surface area contributed by atoms with E-state index in [1.807, 2.05) is 43.3 Å². The lowest BCUT2D eigenvalue weighted by molar-refractivity contribution is 0.0916. The standard InChI is InChI=1S/C31H33N3O6S/c1-20(19-37-2)40-28-14-22(13-23(17-28)30(36)34-31-32-11-12-41-31)6-5-21-7-9-25(10-8-21)33-29(35)24-15-26(38-3)18-27(16-24)39-4/h7-18,20H,5-6,19H2,1-4H3,(H,33,35)(H,32,34,36)/t20-/m0/s1. The van der Waals surface area contributed by atoms with Gasteiger partial charge in [-0.05, 0) is 73.4 Å². The molecule has 214 valence electrons. The SMILES string of the molecule is COC[C@H](C)Oc1cc(CCc2ccc(NC(=O)c3cc(OC)cc(OC)c3)cc2)cc(C(=O)Nc2nccs2)c1. The summed E-state index contributed by atoms with van der Waals surface area (Å²) in [6.45, 7) is 2.34. The molecule has 0 spiro atoms. The van der Waals surface area contributed by atoms with Crippen molar-refractivity contribution in [3.63, 3.8) is 0 Å². The molecule has 0 unspecified atom stereocenters. The molecule has 4 rings (SSSR count). The van der Waals surface area contributed by atoms with Crippen LogP contribution in [0.5, 0.6) is 17.2 Å². The number of thiazole rings is 1. The summed E-state index contributed by atoms with van der Waals surface area (Å²) in [7, 11) is 4.70. The molecule has 0 saturated carbocycles. The van der Waals surface area contributed by atoms with Crippen molar-refractivity contribution in [1.82, 2.24) is 4.98 Å². The summed E-state index contributed by atoms with van der Waals surface area (Å²) in [4.78, 5) is 29.9. The van der Waals surface area contributed by atoms with Gasteiger partial charge in [0.05, 0.1) is 20.8 Å². The number of ether oxygens (including phenoxy) is 4. The third-order valence-electron chi connectivity index (χ3n) is 6.15. The van der Waals surface area contributed by atoms with E-state index in [4.69, 9.17) is 18.9 Å². The molecule has 2 amide bonds. The van der Waals surface area contributed by atoms with Crippen LogP contribution in [0.15, 0.2) is 72.2 Å². The molecule has 0 fully saturated rings. The minimum atomic E-state index is -0.266. The fraction of sp³-hybridized carbons (Fsp3) is 0.258. The Bertz CT molecular complexity index is 1440. The molecule has 2 N–H and O–H groups in total. The average Bonchev–Trinajstić information content (AvgIpc) is 3.49. The van der Waals surface area contributed by atoms with E-state index in [1.165, 1.54) is 11.3 Å². The normalized spacial score (nSPS) is 11.4. The monoisotopic (exact) mass is 575 g/mol. The molecule has 9 nitrogen and oxygen atoms in total. The number of benzene rings is 3. The molecule has 1 heterocycles. The van der Waals surface area contributed by atoms with Crippen LogP contribution in [0, 0.1) is 0 Å². The van der Waals surface area contributed by atoms with Gasteiger partial charge in [-0.25, -0.2) is 4.98 Å². The van der Waals surface area contributed by atoms with Crippen LogP contribution < -0.4 is 24.8 Å². The molecule has 10 heteroatoms. The Morgan fingerprint density at radius 2 is 1.44 bits per heavy atom. The van der Waals surface area contributed by atoms with Gasteiger partial charge in [0.2, 0.25) is 0 Å². The van der Waals surface area contributed by atoms with Crippen molar-refractivity contribution in [3.05, 3.63) is 94.5 Å². The Balaban J connectivity index is 1.43. The van der Waals surface area contributed by atoms with Gasteiger partial charge in [0.15, 0.2) is 5.13 Å². The third-order valence-corrected chi connectivity index (χ3v) is 6.84. The lowest BCUT2D eigenvalue weighted by Gasteiger charge is -2.16. The summed E-state index contributed by atoms with van der Waals surface area (Å²) < 4.78 is 21.7. The van der Waals surface area contributed by atoms with Crippen LogP contribution in [-0.4, -0.2) is 50.8 Å². The van der Waals surface area contributed by atoms with Crippen molar-refractivity contribution in [1.29, 1.82) is 0 Å². The van der Waals surface area contributed by atoms with Crippen molar-refractivity contribution in [2.24, 2.45) is 0 Å². The molecule has 0 radical (unpaired) electrons. The second kappa shape index (κ2) is 14.3. The molecule has 3 aromatic carbocycles. The van der Waals surface area contributed by atoms with E-state index in [1.54, 1.807) is 57.2 Å². The number of anilines is 2. The van der Waals surface area contributed by atoms with Crippen molar-refractivity contribution in [3.8, 4) is 17.2 Å². The number of hydrogen-bond donors (Lipinski definition) is 2.